The molecule has 1 N–H and O–H groups in total. The molecule has 0 saturated heterocycles. The molecule has 0 aliphatic rings. The van der Waals surface area contributed by atoms with E-state index in [1.54, 1.807) is 6.26 Å². The molecule has 1 atom stereocenters. The van der Waals surface area contributed by atoms with Gasteiger partial charge in [0.25, 0.3) is 0 Å². The average molecular weight is 261 g/mol. The van der Waals surface area contributed by atoms with Crippen LogP contribution in [-0.2, 0) is 12.8 Å². The zero-order chi connectivity index (χ0) is 13.7. The maximum atomic E-state index is 5.91. The van der Waals surface area contributed by atoms with Crippen molar-refractivity contribution >= 4 is 0 Å². The highest BCUT2D eigenvalue weighted by molar-refractivity contribution is 5.29. The highest BCUT2D eigenvalue weighted by atomic mass is 16.3. The highest BCUT2D eigenvalue weighted by Crippen LogP contribution is 2.28. The summed E-state index contributed by atoms with van der Waals surface area (Å²) in [6.07, 6.45) is 4.68. The fraction of sp³-hybridized carbons (Fsp3) is 0.500. The fourth-order valence-electron chi connectivity index (χ4n) is 2.29. The summed E-state index contributed by atoms with van der Waals surface area (Å²) in [7, 11) is 0. The van der Waals surface area contributed by atoms with Crippen LogP contribution in [0.2, 0.25) is 0 Å². The quantitative estimate of drug-likeness (QED) is 0.816. The summed E-state index contributed by atoms with van der Waals surface area (Å²) in [5.74, 6) is 3.03. The van der Waals surface area contributed by atoms with Crippen molar-refractivity contribution in [3.05, 3.63) is 47.3 Å². The number of rotatable bonds is 7. The molecule has 2 rings (SSSR count). The molecule has 1 unspecified atom stereocenters. The predicted octanol–water partition coefficient (Wildman–Crippen LogP) is 4.09. The molecule has 0 saturated carbocycles. The van der Waals surface area contributed by atoms with Crippen LogP contribution in [0, 0.1) is 0 Å². The second-order valence-corrected chi connectivity index (χ2v) is 4.70. The van der Waals surface area contributed by atoms with E-state index in [1.807, 2.05) is 6.07 Å². The lowest BCUT2D eigenvalue weighted by atomic mass is 10.0. The molecule has 2 aromatic rings. The SMILES string of the molecule is CCCNC(c1ccc(CC)o1)c1ccoc1CC. The zero-order valence-corrected chi connectivity index (χ0v) is 12.0. The molecular formula is C16H23NO2. The van der Waals surface area contributed by atoms with Crippen LogP contribution in [0.1, 0.15) is 56.1 Å². The summed E-state index contributed by atoms with van der Waals surface area (Å²) in [6.45, 7) is 7.34. The molecule has 0 aliphatic heterocycles. The van der Waals surface area contributed by atoms with E-state index in [0.717, 1.165) is 43.1 Å². The smallest absolute Gasteiger partial charge is 0.125 e. The van der Waals surface area contributed by atoms with Crippen LogP contribution < -0.4 is 5.32 Å². The third-order valence-corrected chi connectivity index (χ3v) is 3.33. The molecule has 3 heteroatoms. The van der Waals surface area contributed by atoms with Crippen molar-refractivity contribution in [3.8, 4) is 0 Å². The van der Waals surface area contributed by atoms with Crippen LogP contribution in [0.5, 0.6) is 0 Å². The largest absolute Gasteiger partial charge is 0.469 e. The molecule has 3 nitrogen and oxygen atoms in total. The van der Waals surface area contributed by atoms with E-state index in [0.29, 0.717) is 0 Å². The van der Waals surface area contributed by atoms with Crippen molar-refractivity contribution in [1.29, 1.82) is 0 Å². The molecule has 0 aliphatic carbocycles. The first-order valence-electron chi connectivity index (χ1n) is 7.18. The van der Waals surface area contributed by atoms with Gasteiger partial charge >= 0.3 is 0 Å². The van der Waals surface area contributed by atoms with Crippen LogP contribution in [0.4, 0.5) is 0 Å². The van der Waals surface area contributed by atoms with Crippen LogP contribution in [0.25, 0.3) is 0 Å². The van der Waals surface area contributed by atoms with Gasteiger partial charge in [-0.25, -0.2) is 0 Å². The van der Waals surface area contributed by atoms with Gasteiger partial charge in [-0.05, 0) is 31.2 Å². The van der Waals surface area contributed by atoms with Crippen LogP contribution >= 0.6 is 0 Å². The maximum absolute atomic E-state index is 5.91. The third kappa shape index (κ3) is 3.10. The molecule has 0 radical (unpaired) electrons. The van der Waals surface area contributed by atoms with E-state index >= 15 is 0 Å². The van der Waals surface area contributed by atoms with Crippen molar-refractivity contribution in [2.45, 2.75) is 46.1 Å². The first-order valence-corrected chi connectivity index (χ1v) is 7.18. The van der Waals surface area contributed by atoms with Crippen molar-refractivity contribution in [2.24, 2.45) is 0 Å². The molecular weight excluding hydrogens is 238 g/mol. The first-order chi connectivity index (χ1) is 9.30. The summed E-state index contributed by atoms with van der Waals surface area (Å²) in [6, 6.07) is 6.26. The second kappa shape index (κ2) is 6.62. The van der Waals surface area contributed by atoms with Crippen molar-refractivity contribution in [2.75, 3.05) is 6.54 Å². The van der Waals surface area contributed by atoms with Gasteiger partial charge in [0.1, 0.15) is 17.3 Å². The number of nitrogens with one attached hydrogen (secondary N) is 1. The molecule has 19 heavy (non-hydrogen) atoms. The number of hydrogen-bond acceptors (Lipinski definition) is 3. The van der Waals surface area contributed by atoms with Gasteiger partial charge in [0.15, 0.2) is 0 Å². The first kappa shape index (κ1) is 13.9. The Morgan fingerprint density at radius 2 is 1.95 bits per heavy atom. The van der Waals surface area contributed by atoms with Gasteiger partial charge in [0.2, 0.25) is 0 Å². The maximum Gasteiger partial charge on any atom is 0.125 e. The second-order valence-electron chi connectivity index (χ2n) is 4.70. The Balaban J connectivity index is 2.29. The Hall–Kier alpha value is -1.48. The molecule has 0 spiro atoms. The lowest BCUT2D eigenvalue weighted by Gasteiger charge is -2.16. The van der Waals surface area contributed by atoms with Gasteiger partial charge in [-0.2, -0.15) is 0 Å². The fourth-order valence-corrected chi connectivity index (χ4v) is 2.29. The summed E-state index contributed by atoms with van der Waals surface area (Å²) < 4.78 is 11.5. The Morgan fingerprint density at radius 3 is 2.58 bits per heavy atom. The molecule has 0 amide bonds. The standard InChI is InChI=1S/C16H23NO2/c1-4-10-17-16(13-9-11-18-14(13)6-3)15-8-7-12(5-2)19-15/h7-9,11,16-17H,4-6,10H2,1-3H3. The normalized spacial score (nSPS) is 12.8. The van der Waals surface area contributed by atoms with E-state index in [1.165, 1.54) is 5.56 Å². The minimum absolute atomic E-state index is 0.0916. The Morgan fingerprint density at radius 1 is 1.11 bits per heavy atom. The van der Waals surface area contributed by atoms with Gasteiger partial charge in [0.05, 0.1) is 12.3 Å². The van der Waals surface area contributed by atoms with E-state index in [2.05, 4.69) is 38.2 Å². The lowest BCUT2D eigenvalue weighted by molar-refractivity contribution is 0.415. The van der Waals surface area contributed by atoms with Crippen LogP contribution in [0.15, 0.2) is 33.3 Å². The lowest BCUT2D eigenvalue weighted by Crippen LogP contribution is -2.23. The minimum atomic E-state index is 0.0916. The van der Waals surface area contributed by atoms with Gasteiger partial charge in [0, 0.05) is 18.4 Å². The summed E-state index contributed by atoms with van der Waals surface area (Å²) in [5.41, 5.74) is 1.19. The molecule has 0 fully saturated rings. The molecule has 2 heterocycles. The van der Waals surface area contributed by atoms with Crippen LogP contribution in [-0.4, -0.2) is 6.54 Å². The van der Waals surface area contributed by atoms with E-state index in [-0.39, 0.29) is 6.04 Å². The molecule has 104 valence electrons. The Kier molecular flexibility index (Phi) is 4.86. The average Bonchev–Trinajstić information content (AvgIpc) is 3.08. The predicted molar refractivity (Wildman–Crippen MR) is 76.3 cm³/mol. The summed E-state index contributed by atoms with van der Waals surface area (Å²) in [5, 5.41) is 3.55. The monoisotopic (exact) mass is 261 g/mol. The van der Waals surface area contributed by atoms with Crippen molar-refractivity contribution in [1.82, 2.24) is 5.32 Å². The van der Waals surface area contributed by atoms with E-state index in [9.17, 15) is 0 Å². The molecule has 2 aromatic heterocycles. The molecule has 0 bridgehead atoms. The van der Waals surface area contributed by atoms with Crippen molar-refractivity contribution in [3.63, 3.8) is 0 Å². The Bertz CT molecular complexity index is 498. The van der Waals surface area contributed by atoms with Crippen molar-refractivity contribution < 1.29 is 8.83 Å². The number of hydrogen-bond donors (Lipinski definition) is 1. The minimum Gasteiger partial charge on any atom is -0.469 e. The third-order valence-electron chi connectivity index (χ3n) is 3.33. The highest BCUT2D eigenvalue weighted by Gasteiger charge is 2.21. The zero-order valence-electron chi connectivity index (χ0n) is 12.0. The van der Waals surface area contributed by atoms with Gasteiger partial charge in [-0.1, -0.05) is 20.8 Å². The van der Waals surface area contributed by atoms with E-state index in [4.69, 9.17) is 8.83 Å². The van der Waals surface area contributed by atoms with Crippen LogP contribution in [0.3, 0.4) is 0 Å². The van der Waals surface area contributed by atoms with Gasteiger partial charge in [-0.3, -0.25) is 0 Å². The van der Waals surface area contributed by atoms with E-state index < -0.39 is 0 Å². The summed E-state index contributed by atoms with van der Waals surface area (Å²) in [4.78, 5) is 0. The number of furan rings is 2. The Labute approximate surface area is 115 Å². The molecule has 0 aromatic carbocycles. The summed E-state index contributed by atoms with van der Waals surface area (Å²) >= 11 is 0. The number of aryl methyl sites for hydroxylation is 2. The topological polar surface area (TPSA) is 38.3 Å². The van der Waals surface area contributed by atoms with Gasteiger partial charge in [-0.15, -0.1) is 0 Å². The van der Waals surface area contributed by atoms with Gasteiger partial charge < -0.3 is 14.2 Å².